The van der Waals surface area contributed by atoms with Crippen LogP contribution in [-0.2, 0) is 12.8 Å². The molecule has 0 aliphatic heterocycles. The van der Waals surface area contributed by atoms with E-state index < -0.39 is 0 Å². The number of halogens is 1. The van der Waals surface area contributed by atoms with Gasteiger partial charge < -0.3 is 4.74 Å². The van der Waals surface area contributed by atoms with E-state index in [1.165, 1.54) is 36.5 Å². The van der Waals surface area contributed by atoms with Crippen LogP contribution in [0.1, 0.15) is 58.1 Å². The summed E-state index contributed by atoms with van der Waals surface area (Å²) in [6.45, 7) is 9.01. The molecule has 0 aromatic heterocycles. The van der Waals surface area contributed by atoms with Gasteiger partial charge in [-0.05, 0) is 59.6 Å². The maximum Gasteiger partial charge on any atom is 0.131 e. The van der Waals surface area contributed by atoms with Crippen molar-refractivity contribution in [2.45, 2.75) is 59.8 Å². The van der Waals surface area contributed by atoms with Crippen LogP contribution in [0.4, 0.5) is 4.39 Å². The van der Waals surface area contributed by atoms with Crippen LogP contribution in [0, 0.1) is 11.2 Å². The Balaban J connectivity index is 2.48. The molecule has 2 heteroatoms. The SMILES string of the molecule is CCCCC(C)(C)Cc1cc(CC)ccc1-c1cc(OC)ccc1F. The average Bonchev–Trinajstić information content (AvgIpc) is 2.60. The van der Waals surface area contributed by atoms with Crippen LogP contribution in [0.15, 0.2) is 36.4 Å². The molecular formula is C23H31FO. The lowest BCUT2D eigenvalue weighted by molar-refractivity contribution is 0.321. The van der Waals surface area contributed by atoms with Crippen molar-refractivity contribution in [2.24, 2.45) is 5.41 Å². The van der Waals surface area contributed by atoms with Gasteiger partial charge in [0.2, 0.25) is 0 Å². The van der Waals surface area contributed by atoms with Gasteiger partial charge >= 0.3 is 0 Å². The molecule has 0 unspecified atom stereocenters. The van der Waals surface area contributed by atoms with Crippen LogP contribution in [0.2, 0.25) is 0 Å². The van der Waals surface area contributed by atoms with Crippen molar-refractivity contribution in [1.29, 1.82) is 0 Å². The Morgan fingerprint density at radius 1 is 1.00 bits per heavy atom. The van der Waals surface area contributed by atoms with E-state index in [1.807, 2.05) is 0 Å². The second-order valence-corrected chi connectivity index (χ2v) is 7.64. The monoisotopic (exact) mass is 342 g/mol. The summed E-state index contributed by atoms with van der Waals surface area (Å²) in [5, 5.41) is 0. The van der Waals surface area contributed by atoms with Crippen LogP contribution >= 0.6 is 0 Å². The first-order chi connectivity index (χ1) is 11.9. The second kappa shape index (κ2) is 8.51. The van der Waals surface area contributed by atoms with Crippen molar-refractivity contribution >= 4 is 0 Å². The number of aryl methyl sites for hydroxylation is 1. The topological polar surface area (TPSA) is 9.23 Å². The van der Waals surface area contributed by atoms with Crippen LogP contribution in [0.3, 0.4) is 0 Å². The van der Waals surface area contributed by atoms with Crippen molar-refractivity contribution in [1.82, 2.24) is 0 Å². The first-order valence-corrected chi connectivity index (χ1v) is 9.36. The quantitative estimate of drug-likeness (QED) is 0.511. The molecule has 0 spiro atoms. The minimum Gasteiger partial charge on any atom is -0.497 e. The van der Waals surface area contributed by atoms with Gasteiger partial charge in [-0.15, -0.1) is 0 Å². The maximum atomic E-state index is 14.5. The Morgan fingerprint density at radius 2 is 1.76 bits per heavy atom. The predicted molar refractivity (Wildman–Crippen MR) is 105 cm³/mol. The Kier molecular flexibility index (Phi) is 6.64. The zero-order chi connectivity index (χ0) is 18.4. The van der Waals surface area contributed by atoms with E-state index >= 15 is 0 Å². The van der Waals surface area contributed by atoms with Crippen molar-refractivity contribution in [3.63, 3.8) is 0 Å². The first-order valence-electron chi connectivity index (χ1n) is 9.36. The lowest BCUT2D eigenvalue weighted by atomic mass is 9.79. The van der Waals surface area contributed by atoms with Gasteiger partial charge in [-0.3, -0.25) is 0 Å². The molecule has 0 heterocycles. The first kappa shape index (κ1) is 19.5. The van der Waals surface area contributed by atoms with E-state index in [0.717, 1.165) is 18.4 Å². The fourth-order valence-electron chi connectivity index (χ4n) is 3.37. The molecule has 0 fully saturated rings. The molecule has 0 aliphatic carbocycles. The van der Waals surface area contributed by atoms with E-state index in [9.17, 15) is 4.39 Å². The number of benzene rings is 2. The van der Waals surface area contributed by atoms with Gasteiger partial charge in [-0.2, -0.15) is 0 Å². The highest BCUT2D eigenvalue weighted by Gasteiger charge is 2.21. The zero-order valence-electron chi connectivity index (χ0n) is 16.3. The Hall–Kier alpha value is -1.83. The smallest absolute Gasteiger partial charge is 0.131 e. The molecule has 0 aliphatic rings. The van der Waals surface area contributed by atoms with Crippen molar-refractivity contribution < 1.29 is 9.13 Å². The summed E-state index contributed by atoms with van der Waals surface area (Å²) in [6.07, 6.45) is 5.55. The van der Waals surface area contributed by atoms with Gasteiger partial charge in [0.05, 0.1) is 7.11 Å². The molecule has 0 saturated carbocycles. The fourth-order valence-corrected chi connectivity index (χ4v) is 3.37. The molecule has 0 saturated heterocycles. The number of hydrogen-bond donors (Lipinski definition) is 0. The summed E-state index contributed by atoms with van der Waals surface area (Å²) in [4.78, 5) is 0. The normalized spacial score (nSPS) is 11.6. The number of unbranched alkanes of at least 4 members (excludes halogenated alkanes) is 1. The summed E-state index contributed by atoms with van der Waals surface area (Å²) in [5.41, 5.74) is 4.34. The lowest BCUT2D eigenvalue weighted by Crippen LogP contribution is -2.16. The minimum absolute atomic E-state index is 0.197. The molecule has 0 N–H and O–H groups in total. The fraction of sp³-hybridized carbons (Fsp3) is 0.478. The molecule has 2 rings (SSSR count). The Morgan fingerprint density at radius 3 is 2.40 bits per heavy atom. The van der Waals surface area contributed by atoms with E-state index in [-0.39, 0.29) is 11.2 Å². The third-order valence-corrected chi connectivity index (χ3v) is 4.92. The van der Waals surface area contributed by atoms with E-state index in [2.05, 4.69) is 45.9 Å². The van der Waals surface area contributed by atoms with E-state index in [0.29, 0.717) is 11.3 Å². The zero-order valence-corrected chi connectivity index (χ0v) is 16.3. The summed E-state index contributed by atoms with van der Waals surface area (Å²) in [7, 11) is 1.62. The summed E-state index contributed by atoms with van der Waals surface area (Å²) < 4.78 is 19.8. The van der Waals surface area contributed by atoms with Gasteiger partial charge in [0.25, 0.3) is 0 Å². The third-order valence-electron chi connectivity index (χ3n) is 4.92. The molecule has 136 valence electrons. The summed E-state index contributed by atoms with van der Waals surface area (Å²) >= 11 is 0. The third kappa shape index (κ3) is 5.07. The van der Waals surface area contributed by atoms with Crippen LogP contribution in [-0.4, -0.2) is 7.11 Å². The Bertz CT molecular complexity index is 703. The molecule has 0 amide bonds. The minimum atomic E-state index is -0.197. The molecule has 2 aromatic rings. The van der Waals surface area contributed by atoms with Crippen molar-refractivity contribution in [2.75, 3.05) is 7.11 Å². The predicted octanol–water partition coefficient (Wildman–Crippen LogP) is 6.82. The summed E-state index contributed by atoms with van der Waals surface area (Å²) in [5.74, 6) is 0.491. The molecule has 25 heavy (non-hydrogen) atoms. The van der Waals surface area contributed by atoms with E-state index in [4.69, 9.17) is 4.74 Å². The average molecular weight is 342 g/mol. The molecule has 0 radical (unpaired) electrons. The highest BCUT2D eigenvalue weighted by molar-refractivity contribution is 5.70. The highest BCUT2D eigenvalue weighted by atomic mass is 19.1. The van der Waals surface area contributed by atoms with Gasteiger partial charge in [0.15, 0.2) is 0 Å². The van der Waals surface area contributed by atoms with Gasteiger partial charge in [-0.1, -0.05) is 58.7 Å². The van der Waals surface area contributed by atoms with Crippen molar-refractivity contribution in [3.05, 3.63) is 53.3 Å². The highest BCUT2D eigenvalue weighted by Crippen LogP contribution is 2.36. The maximum absolute atomic E-state index is 14.5. The second-order valence-electron chi connectivity index (χ2n) is 7.64. The number of rotatable bonds is 8. The number of hydrogen-bond acceptors (Lipinski definition) is 1. The molecule has 2 aromatic carbocycles. The van der Waals surface area contributed by atoms with Gasteiger partial charge in [0, 0.05) is 5.56 Å². The molecular weight excluding hydrogens is 311 g/mol. The van der Waals surface area contributed by atoms with Crippen molar-refractivity contribution in [3.8, 4) is 16.9 Å². The number of ether oxygens (including phenoxy) is 1. The largest absolute Gasteiger partial charge is 0.497 e. The lowest BCUT2D eigenvalue weighted by Gasteiger charge is -2.26. The molecule has 0 atom stereocenters. The van der Waals surface area contributed by atoms with E-state index in [1.54, 1.807) is 19.2 Å². The van der Waals surface area contributed by atoms with Gasteiger partial charge in [-0.25, -0.2) is 4.39 Å². The molecule has 0 bridgehead atoms. The van der Waals surface area contributed by atoms with Crippen LogP contribution in [0.5, 0.6) is 5.75 Å². The van der Waals surface area contributed by atoms with Crippen LogP contribution in [0.25, 0.3) is 11.1 Å². The van der Waals surface area contributed by atoms with Crippen LogP contribution < -0.4 is 4.74 Å². The van der Waals surface area contributed by atoms with Gasteiger partial charge in [0.1, 0.15) is 11.6 Å². The Labute approximate surface area is 152 Å². The molecule has 1 nitrogen and oxygen atoms in total. The standard InChI is InChI=1S/C23H31FO/c1-6-8-13-23(3,4)16-18-14-17(7-2)9-11-20(18)21-15-19(25-5)10-12-22(21)24/h9-12,14-15H,6-8,13,16H2,1-5H3. The summed E-state index contributed by atoms with van der Waals surface area (Å²) in [6, 6.07) is 11.4. The number of methoxy groups -OCH3 is 1.